The molecule has 0 aliphatic rings. The summed E-state index contributed by atoms with van der Waals surface area (Å²) in [6.45, 7) is 2.26. The van der Waals surface area contributed by atoms with E-state index in [1.165, 1.54) is 0 Å². The van der Waals surface area contributed by atoms with Gasteiger partial charge in [-0.2, -0.15) is 0 Å². The van der Waals surface area contributed by atoms with Crippen molar-refractivity contribution in [1.82, 2.24) is 0 Å². The molecular formula is C6H10F2OS. The van der Waals surface area contributed by atoms with Crippen LogP contribution in [0.4, 0.5) is 8.78 Å². The first kappa shape index (κ1) is 9.75. The van der Waals surface area contributed by atoms with Crippen LogP contribution in [-0.2, 0) is 4.74 Å². The summed E-state index contributed by atoms with van der Waals surface area (Å²) < 4.78 is 27.7. The van der Waals surface area contributed by atoms with Crippen LogP contribution in [-0.4, -0.2) is 18.1 Å². The van der Waals surface area contributed by atoms with E-state index in [4.69, 9.17) is 0 Å². The van der Waals surface area contributed by atoms with E-state index >= 15 is 0 Å². The maximum absolute atomic E-state index is 11.6. The summed E-state index contributed by atoms with van der Waals surface area (Å²) in [5.74, 6) is 0. The van der Waals surface area contributed by atoms with Gasteiger partial charge in [0.05, 0.1) is 6.61 Å². The molecule has 0 saturated carbocycles. The number of hydrogen-bond donors (Lipinski definition) is 0. The predicted octanol–water partition coefficient (Wildman–Crippen LogP) is 2.40. The van der Waals surface area contributed by atoms with Crippen LogP contribution in [0.3, 0.4) is 0 Å². The average Bonchev–Trinajstić information content (AvgIpc) is 1.88. The van der Waals surface area contributed by atoms with Gasteiger partial charge in [-0.25, -0.2) is 8.78 Å². The second-order valence-corrected chi connectivity index (χ2v) is 2.22. The molecule has 0 N–H and O–H groups in total. The van der Waals surface area contributed by atoms with E-state index in [0.717, 1.165) is 12.8 Å². The molecule has 0 unspecified atom stereocenters. The highest BCUT2D eigenvalue weighted by atomic mass is 32.1. The summed E-state index contributed by atoms with van der Waals surface area (Å²) in [6.07, 6.45) is -0.925. The Hall–Kier alpha value is -0.250. The van der Waals surface area contributed by atoms with Gasteiger partial charge in [0.25, 0.3) is 0 Å². The minimum Gasteiger partial charge on any atom is -0.482 e. The second kappa shape index (κ2) is 5.53. The Morgan fingerprint density at radius 1 is 1.60 bits per heavy atom. The molecular weight excluding hydrogens is 158 g/mol. The first-order valence-corrected chi connectivity index (χ1v) is 3.54. The zero-order valence-electron chi connectivity index (χ0n) is 5.77. The number of thiocarbonyl (C=S) groups is 1. The van der Waals surface area contributed by atoms with Crippen LogP contribution in [0.25, 0.3) is 0 Å². The van der Waals surface area contributed by atoms with Crippen molar-refractivity contribution in [2.45, 2.75) is 26.2 Å². The van der Waals surface area contributed by atoms with Crippen molar-refractivity contribution in [3.8, 4) is 0 Å². The first-order valence-electron chi connectivity index (χ1n) is 3.13. The fraction of sp³-hybridized carbons (Fsp3) is 0.833. The Morgan fingerprint density at radius 2 is 2.20 bits per heavy atom. The van der Waals surface area contributed by atoms with Gasteiger partial charge in [0.1, 0.15) is 0 Å². The van der Waals surface area contributed by atoms with Crippen LogP contribution in [0.5, 0.6) is 0 Å². The molecule has 0 aliphatic carbocycles. The normalized spacial score (nSPS) is 10.0. The zero-order valence-corrected chi connectivity index (χ0v) is 6.59. The third-order valence-corrected chi connectivity index (χ3v) is 1.22. The van der Waals surface area contributed by atoms with Crippen molar-refractivity contribution in [2.75, 3.05) is 6.61 Å². The van der Waals surface area contributed by atoms with E-state index in [9.17, 15) is 8.78 Å². The Kier molecular flexibility index (Phi) is 5.39. The lowest BCUT2D eigenvalue weighted by Gasteiger charge is -2.03. The molecule has 0 bridgehead atoms. The van der Waals surface area contributed by atoms with Crippen molar-refractivity contribution in [1.29, 1.82) is 0 Å². The fourth-order valence-electron chi connectivity index (χ4n) is 0.380. The van der Waals surface area contributed by atoms with Crippen molar-refractivity contribution in [2.24, 2.45) is 0 Å². The average molecular weight is 168 g/mol. The number of hydrogen-bond acceptors (Lipinski definition) is 2. The number of rotatable bonds is 4. The van der Waals surface area contributed by atoms with Gasteiger partial charge in [-0.3, -0.25) is 0 Å². The molecule has 0 radical (unpaired) electrons. The first-order chi connectivity index (χ1) is 4.68. The topological polar surface area (TPSA) is 9.23 Å². The largest absolute Gasteiger partial charge is 0.482 e. The van der Waals surface area contributed by atoms with Crippen LogP contribution >= 0.6 is 12.2 Å². The highest BCUT2D eigenvalue weighted by molar-refractivity contribution is 7.80. The smallest absolute Gasteiger partial charge is 0.305 e. The van der Waals surface area contributed by atoms with Gasteiger partial charge in [-0.1, -0.05) is 13.3 Å². The lowest BCUT2D eigenvalue weighted by Crippen LogP contribution is -2.12. The van der Waals surface area contributed by atoms with E-state index in [1.807, 2.05) is 6.92 Å². The van der Waals surface area contributed by atoms with E-state index in [2.05, 4.69) is 17.0 Å². The Bertz CT molecular complexity index is 106. The molecule has 60 valence electrons. The van der Waals surface area contributed by atoms with Gasteiger partial charge in [-0.15, -0.1) is 0 Å². The number of unbranched alkanes of at least 4 members (excludes halogenated alkanes) is 1. The molecule has 10 heavy (non-hydrogen) atoms. The van der Waals surface area contributed by atoms with E-state index in [1.54, 1.807) is 0 Å². The molecule has 0 atom stereocenters. The molecule has 0 spiro atoms. The van der Waals surface area contributed by atoms with Crippen LogP contribution < -0.4 is 0 Å². The fourth-order valence-corrected chi connectivity index (χ4v) is 0.463. The van der Waals surface area contributed by atoms with E-state index < -0.39 is 11.5 Å². The summed E-state index contributed by atoms with van der Waals surface area (Å²) in [4.78, 5) is 0. The highest BCUT2D eigenvalue weighted by Crippen LogP contribution is 1.99. The highest BCUT2D eigenvalue weighted by Gasteiger charge is 2.10. The van der Waals surface area contributed by atoms with E-state index in [0.29, 0.717) is 6.61 Å². The standard InChI is InChI=1S/C6H10F2OS/c1-2-3-4-9-6(10)5(7)8/h5H,2-4H2,1H3. The lowest BCUT2D eigenvalue weighted by atomic mass is 10.4. The van der Waals surface area contributed by atoms with Gasteiger partial charge < -0.3 is 4.74 Å². The molecule has 0 aromatic carbocycles. The van der Waals surface area contributed by atoms with Crippen molar-refractivity contribution >= 4 is 17.3 Å². The van der Waals surface area contributed by atoms with Gasteiger partial charge in [-0.05, 0) is 18.6 Å². The minimum absolute atomic E-state index is 0.305. The van der Waals surface area contributed by atoms with Gasteiger partial charge in [0.15, 0.2) is 0 Å². The van der Waals surface area contributed by atoms with Crippen LogP contribution in [0.1, 0.15) is 19.8 Å². The predicted molar refractivity (Wildman–Crippen MR) is 39.5 cm³/mol. The summed E-state index contributed by atoms with van der Waals surface area (Å²) in [5.41, 5.74) is 0. The molecule has 0 saturated heterocycles. The summed E-state index contributed by atoms with van der Waals surface area (Å²) >= 11 is 4.22. The monoisotopic (exact) mass is 168 g/mol. The molecule has 0 aromatic heterocycles. The second-order valence-electron chi connectivity index (χ2n) is 1.82. The number of ether oxygens (including phenoxy) is 1. The third kappa shape index (κ3) is 4.61. The van der Waals surface area contributed by atoms with Gasteiger partial charge >= 0.3 is 6.43 Å². The number of halogens is 2. The number of alkyl halides is 2. The lowest BCUT2D eigenvalue weighted by molar-refractivity contribution is 0.173. The Morgan fingerprint density at radius 3 is 2.60 bits per heavy atom. The summed E-state index contributed by atoms with van der Waals surface area (Å²) in [7, 11) is 0. The Balaban J connectivity index is 3.22. The molecule has 0 rings (SSSR count). The van der Waals surface area contributed by atoms with Gasteiger partial charge in [0, 0.05) is 0 Å². The van der Waals surface area contributed by atoms with E-state index in [-0.39, 0.29) is 0 Å². The maximum Gasteiger partial charge on any atom is 0.305 e. The van der Waals surface area contributed by atoms with Crippen LogP contribution in [0.2, 0.25) is 0 Å². The van der Waals surface area contributed by atoms with Gasteiger partial charge in [0.2, 0.25) is 5.05 Å². The summed E-state index contributed by atoms with van der Waals surface area (Å²) in [6, 6.07) is 0. The van der Waals surface area contributed by atoms with Crippen molar-refractivity contribution in [3.63, 3.8) is 0 Å². The molecule has 0 aliphatic heterocycles. The van der Waals surface area contributed by atoms with Crippen LogP contribution in [0.15, 0.2) is 0 Å². The Labute approximate surface area is 64.4 Å². The minimum atomic E-state index is -2.62. The zero-order chi connectivity index (χ0) is 7.98. The third-order valence-electron chi connectivity index (χ3n) is 0.920. The van der Waals surface area contributed by atoms with Crippen molar-refractivity contribution < 1.29 is 13.5 Å². The molecule has 1 nitrogen and oxygen atoms in total. The molecule has 0 heterocycles. The SMILES string of the molecule is CCCCOC(=S)C(F)F. The molecule has 4 heteroatoms. The summed E-state index contributed by atoms with van der Waals surface area (Å²) in [5, 5.41) is -0.589. The molecule has 0 amide bonds. The van der Waals surface area contributed by atoms with Crippen LogP contribution in [0, 0.1) is 0 Å². The molecule has 0 fully saturated rings. The maximum atomic E-state index is 11.6. The molecule has 0 aromatic rings. The quantitative estimate of drug-likeness (QED) is 0.471. The van der Waals surface area contributed by atoms with Crippen molar-refractivity contribution in [3.05, 3.63) is 0 Å².